The molecule has 0 unspecified atom stereocenters. The predicted molar refractivity (Wildman–Crippen MR) is 157 cm³/mol. The highest BCUT2D eigenvalue weighted by atomic mass is 16.2. The fourth-order valence-corrected chi connectivity index (χ4v) is 5.64. The van der Waals surface area contributed by atoms with Gasteiger partial charge in [0, 0.05) is 24.2 Å². The van der Waals surface area contributed by atoms with E-state index < -0.39 is 0 Å². The third-order valence-electron chi connectivity index (χ3n) is 8.01. The number of nitrogens with zero attached hydrogens (tertiary/aromatic N) is 4. The van der Waals surface area contributed by atoms with E-state index in [1.165, 1.54) is 0 Å². The van der Waals surface area contributed by atoms with Crippen molar-refractivity contribution in [3.05, 3.63) is 89.5 Å². The molecule has 206 valence electrons. The van der Waals surface area contributed by atoms with Crippen LogP contribution in [0.4, 0.5) is 5.95 Å². The largest absolute Gasteiger partial charge is 0.332 e. The van der Waals surface area contributed by atoms with Crippen molar-refractivity contribution in [3.63, 3.8) is 0 Å². The maximum atomic E-state index is 13.7. The van der Waals surface area contributed by atoms with Gasteiger partial charge in [-0.05, 0) is 82.3 Å². The van der Waals surface area contributed by atoms with E-state index in [2.05, 4.69) is 64.9 Å². The highest BCUT2D eigenvalue weighted by Crippen LogP contribution is 2.39. The van der Waals surface area contributed by atoms with Crippen molar-refractivity contribution in [2.45, 2.75) is 59.0 Å². The smallest absolute Gasteiger partial charge is 0.270 e. The Kier molecular flexibility index (Phi) is 8.05. The Labute approximate surface area is 234 Å². The Hall–Kier alpha value is -4.33. The van der Waals surface area contributed by atoms with Gasteiger partial charge >= 0.3 is 0 Å². The summed E-state index contributed by atoms with van der Waals surface area (Å²) in [5, 5.41) is 18.2. The Bertz CT molecular complexity index is 1470. The average molecular weight is 537 g/mol. The van der Waals surface area contributed by atoms with Crippen molar-refractivity contribution >= 4 is 34.6 Å². The SMILES string of the molecule is CC(C)(C)C1CCC(N(Cc2ccc(C(=O)Nc3nn[nH]n3)cc2)C(=O)C=Cc2cccc3ccccc23)CC1. The number of hydrogen-bond donors (Lipinski definition) is 2. The zero-order valence-corrected chi connectivity index (χ0v) is 23.3. The summed E-state index contributed by atoms with van der Waals surface area (Å²) in [6, 6.07) is 21.9. The third-order valence-corrected chi connectivity index (χ3v) is 8.01. The van der Waals surface area contributed by atoms with Crippen LogP contribution in [0.3, 0.4) is 0 Å². The van der Waals surface area contributed by atoms with Crippen LogP contribution in [-0.4, -0.2) is 43.4 Å². The van der Waals surface area contributed by atoms with E-state index in [0.717, 1.165) is 47.6 Å². The lowest BCUT2D eigenvalue weighted by Gasteiger charge is -2.41. The minimum atomic E-state index is -0.320. The molecule has 8 heteroatoms. The number of benzene rings is 3. The van der Waals surface area contributed by atoms with Crippen LogP contribution in [0.1, 0.15) is 67.9 Å². The van der Waals surface area contributed by atoms with Crippen LogP contribution < -0.4 is 5.32 Å². The Morgan fingerprint density at radius 2 is 1.70 bits per heavy atom. The van der Waals surface area contributed by atoms with E-state index in [9.17, 15) is 9.59 Å². The lowest BCUT2D eigenvalue weighted by molar-refractivity contribution is -0.130. The normalized spacial score (nSPS) is 17.7. The van der Waals surface area contributed by atoms with Crippen LogP contribution in [0.15, 0.2) is 72.8 Å². The van der Waals surface area contributed by atoms with Crippen LogP contribution in [0.25, 0.3) is 16.8 Å². The number of fused-ring (bicyclic) bond motifs is 1. The molecule has 0 spiro atoms. The first kappa shape index (κ1) is 27.2. The second-order valence-corrected chi connectivity index (χ2v) is 11.6. The van der Waals surface area contributed by atoms with Crippen LogP contribution in [0.2, 0.25) is 0 Å². The number of hydrogen-bond acceptors (Lipinski definition) is 5. The van der Waals surface area contributed by atoms with Crippen molar-refractivity contribution in [3.8, 4) is 0 Å². The number of carbonyl (C=O) groups is 2. The molecule has 2 amide bonds. The van der Waals surface area contributed by atoms with Crippen molar-refractivity contribution in [1.82, 2.24) is 25.5 Å². The molecule has 0 bridgehead atoms. The Morgan fingerprint density at radius 3 is 2.40 bits per heavy atom. The van der Waals surface area contributed by atoms with E-state index in [-0.39, 0.29) is 29.2 Å². The van der Waals surface area contributed by atoms with E-state index >= 15 is 0 Å². The molecule has 5 rings (SSSR count). The molecule has 0 aliphatic heterocycles. The number of nitrogens with one attached hydrogen (secondary N) is 2. The van der Waals surface area contributed by atoms with Gasteiger partial charge in [0.25, 0.3) is 11.9 Å². The first-order valence-corrected chi connectivity index (χ1v) is 13.9. The van der Waals surface area contributed by atoms with E-state index in [4.69, 9.17) is 0 Å². The molecule has 1 aliphatic rings. The van der Waals surface area contributed by atoms with Crippen LogP contribution >= 0.6 is 0 Å². The second-order valence-electron chi connectivity index (χ2n) is 11.6. The van der Waals surface area contributed by atoms with E-state index in [1.54, 1.807) is 18.2 Å². The van der Waals surface area contributed by atoms with Gasteiger partial charge in [0.1, 0.15) is 0 Å². The number of anilines is 1. The first-order chi connectivity index (χ1) is 19.3. The lowest BCUT2D eigenvalue weighted by atomic mass is 9.71. The van der Waals surface area contributed by atoms with E-state index in [1.807, 2.05) is 47.4 Å². The van der Waals surface area contributed by atoms with Gasteiger partial charge in [0.05, 0.1) is 0 Å². The van der Waals surface area contributed by atoms with Gasteiger partial charge < -0.3 is 4.90 Å². The number of H-pyrrole nitrogens is 1. The number of tetrazole rings is 1. The van der Waals surface area contributed by atoms with Gasteiger partial charge in [0.15, 0.2) is 0 Å². The summed E-state index contributed by atoms with van der Waals surface area (Å²) in [6.07, 6.45) is 7.84. The topological polar surface area (TPSA) is 104 Å². The summed E-state index contributed by atoms with van der Waals surface area (Å²) < 4.78 is 0. The van der Waals surface area contributed by atoms with Gasteiger partial charge in [-0.1, -0.05) is 80.5 Å². The molecular formula is C32H36N6O2. The van der Waals surface area contributed by atoms with Crippen molar-refractivity contribution in [1.29, 1.82) is 0 Å². The fourth-order valence-electron chi connectivity index (χ4n) is 5.64. The molecule has 40 heavy (non-hydrogen) atoms. The molecule has 3 aromatic carbocycles. The summed E-state index contributed by atoms with van der Waals surface area (Å²) in [5.41, 5.74) is 2.75. The van der Waals surface area contributed by atoms with Crippen molar-refractivity contribution in [2.24, 2.45) is 11.3 Å². The highest BCUT2D eigenvalue weighted by molar-refractivity contribution is 6.03. The summed E-state index contributed by atoms with van der Waals surface area (Å²) in [5.74, 6) is 0.462. The summed E-state index contributed by atoms with van der Waals surface area (Å²) >= 11 is 0. The maximum Gasteiger partial charge on any atom is 0.270 e. The number of aromatic nitrogens is 4. The molecule has 1 fully saturated rings. The standard InChI is InChI=1S/C32H36N6O2/c1-32(2,3)26-16-18-27(19-17-26)38(29(39)20-15-24-9-6-8-23-7-4-5-10-28(23)24)21-22-11-13-25(14-12-22)30(40)33-31-34-36-37-35-31/h4-15,20,26-27H,16-19,21H2,1-3H3,(H2,33,34,35,36,37,40). The lowest BCUT2D eigenvalue weighted by Crippen LogP contribution is -2.42. The monoisotopic (exact) mass is 536 g/mol. The third kappa shape index (κ3) is 6.45. The molecule has 1 aromatic heterocycles. The quantitative estimate of drug-likeness (QED) is 0.272. The summed E-state index contributed by atoms with van der Waals surface area (Å²) in [7, 11) is 0. The van der Waals surface area contributed by atoms with E-state index in [0.29, 0.717) is 18.0 Å². The fraction of sp³-hybridized carbons (Fsp3) is 0.344. The molecular weight excluding hydrogens is 500 g/mol. The second kappa shape index (κ2) is 11.8. The van der Waals surface area contributed by atoms with Crippen LogP contribution in [0, 0.1) is 11.3 Å². The molecule has 0 atom stereocenters. The Balaban J connectivity index is 1.34. The van der Waals surface area contributed by atoms with Gasteiger partial charge in [-0.2, -0.15) is 5.21 Å². The first-order valence-electron chi connectivity index (χ1n) is 13.9. The average Bonchev–Trinajstić information content (AvgIpc) is 3.47. The molecule has 4 aromatic rings. The zero-order valence-electron chi connectivity index (χ0n) is 23.3. The molecule has 0 radical (unpaired) electrons. The van der Waals surface area contributed by atoms with Gasteiger partial charge in [-0.15, -0.1) is 5.10 Å². The molecule has 1 saturated carbocycles. The van der Waals surface area contributed by atoms with Crippen LogP contribution in [-0.2, 0) is 11.3 Å². The Morgan fingerprint density at radius 1 is 0.975 bits per heavy atom. The predicted octanol–water partition coefficient (Wildman–Crippen LogP) is 6.25. The van der Waals surface area contributed by atoms with Gasteiger partial charge in [-0.3, -0.25) is 14.9 Å². The zero-order chi connectivity index (χ0) is 28.1. The molecule has 1 heterocycles. The summed E-state index contributed by atoms with van der Waals surface area (Å²) in [4.78, 5) is 28.3. The molecule has 0 saturated heterocycles. The highest BCUT2D eigenvalue weighted by Gasteiger charge is 2.33. The number of aromatic amines is 1. The molecule has 1 aliphatic carbocycles. The van der Waals surface area contributed by atoms with Gasteiger partial charge in [-0.25, -0.2) is 0 Å². The number of carbonyl (C=O) groups excluding carboxylic acids is 2. The molecule has 8 nitrogen and oxygen atoms in total. The maximum absolute atomic E-state index is 13.7. The van der Waals surface area contributed by atoms with Crippen molar-refractivity contribution in [2.75, 3.05) is 5.32 Å². The minimum absolute atomic E-state index is 0.00562. The number of amides is 2. The minimum Gasteiger partial charge on any atom is -0.332 e. The molecule has 2 N–H and O–H groups in total. The van der Waals surface area contributed by atoms with Crippen LogP contribution in [0.5, 0.6) is 0 Å². The number of rotatable bonds is 7. The van der Waals surface area contributed by atoms with Crippen molar-refractivity contribution < 1.29 is 9.59 Å². The van der Waals surface area contributed by atoms with Gasteiger partial charge in [0.2, 0.25) is 5.91 Å². The summed E-state index contributed by atoms with van der Waals surface area (Å²) in [6.45, 7) is 7.41.